The highest BCUT2D eigenvalue weighted by Gasteiger charge is 2.24. The van der Waals surface area contributed by atoms with E-state index in [4.69, 9.17) is 4.74 Å². The van der Waals surface area contributed by atoms with Gasteiger partial charge in [0.25, 0.3) is 0 Å². The monoisotopic (exact) mass is 396 g/mol. The lowest BCUT2D eigenvalue weighted by molar-refractivity contribution is 0.160. The third-order valence-corrected chi connectivity index (χ3v) is 4.67. The standard InChI is InChI=1S/C21H28N2O.2ClH/c1-2-8-20(23-15-13-22-14-16-23)19-11-6-7-12-21(19)24-17-18-9-4-3-5-10-18;;/h3-7,9-12,20,22H,2,8,13-17H2,1H3;2*1H/t20-;;/m1../s1. The Morgan fingerprint density at radius 2 is 1.62 bits per heavy atom. The van der Waals surface area contributed by atoms with Crippen LogP contribution in [0.15, 0.2) is 54.6 Å². The zero-order chi connectivity index (χ0) is 16.6. The van der Waals surface area contributed by atoms with Crippen LogP contribution >= 0.6 is 24.8 Å². The van der Waals surface area contributed by atoms with Crippen molar-refractivity contribution in [2.75, 3.05) is 26.2 Å². The van der Waals surface area contributed by atoms with Crippen LogP contribution < -0.4 is 10.1 Å². The van der Waals surface area contributed by atoms with Gasteiger partial charge in [0.05, 0.1) is 0 Å². The zero-order valence-electron chi connectivity index (χ0n) is 15.4. The second-order valence-corrected chi connectivity index (χ2v) is 6.40. The molecule has 0 spiro atoms. The summed E-state index contributed by atoms with van der Waals surface area (Å²) in [6.07, 6.45) is 2.35. The van der Waals surface area contributed by atoms with Crippen LogP contribution in [0.25, 0.3) is 0 Å². The Kier molecular flexibility index (Phi) is 10.7. The van der Waals surface area contributed by atoms with Crippen LogP contribution in [0.5, 0.6) is 5.75 Å². The second-order valence-electron chi connectivity index (χ2n) is 6.40. The number of piperazine rings is 1. The fraction of sp³-hybridized carbons (Fsp3) is 0.429. The molecule has 1 saturated heterocycles. The van der Waals surface area contributed by atoms with Crippen molar-refractivity contribution >= 4 is 24.8 Å². The molecule has 0 bridgehead atoms. The molecule has 3 rings (SSSR count). The maximum atomic E-state index is 6.20. The van der Waals surface area contributed by atoms with E-state index >= 15 is 0 Å². The van der Waals surface area contributed by atoms with E-state index in [1.807, 2.05) is 6.07 Å². The summed E-state index contributed by atoms with van der Waals surface area (Å²) in [4.78, 5) is 2.60. The highest BCUT2D eigenvalue weighted by Crippen LogP contribution is 2.33. The molecule has 2 aromatic rings. The first kappa shape index (κ1) is 22.8. The van der Waals surface area contributed by atoms with Crippen LogP contribution in [0.4, 0.5) is 0 Å². The second kappa shape index (κ2) is 12.2. The van der Waals surface area contributed by atoms with E-state index in [1.165, 1.54) is 24.0 Å². The maximum absolute atomic E-state index is 6.20. The van der Waals surface area contributed by atoms with Crippen LogP contribution in [-0.2, 0) is 6.61 Å². The average Bonchev–Trinajstić information content (AvgIpc) is 2.66. The topological polar surface area (TPSA) is 24.5 Å². The first-order valence-electron chi connectivity index (χ1n) is 9.09. The smallest absolute Gasteiger partial charge is 0.124 e. The van der Waals surface area contributed by atoms with Gasteiger partial charge in [-0.1, -0.05) is 61.9 Å². The van der Waals surface area contributed by atoms with E-state index in [2.05, 4.69) is 65.7 Å². The molecule has 1 heterocycles. The van der Waals surface area contributed by atoms with Gasteiger partial charge in [-0.2, -0.15) is 0 Å². The van der Waals surface area contributed by atoms with Crippen LogP contribution in [0.3, 0.4) is 0 Å². The summed E-state index contributed by atoms with van der Waals surface area (Å²) >= 11 is 0. The quantitative estimate of drug-likeness (QED) is 0.723. The van der Waals surface area contributed by atoms with E-state index in [0.717, 1.165) is 31.9 Å². The lowest BCUT2D eigenvalue weighted by Crippen LogP contribution is -2.45. The molecule has 1 atom stereocenters. The van der Waals surface area contributed by atoms with Gasteiger partial charge in [-0.3, -0.25) is 4.90 Å². The molecule has 0 amide bonds. The number of hydrogen-bond donors (Lipinski definition) is 1. The number of hydrogen-bond acceptors (Lipinski definition) is 3. The third kappa shape index (κ3) is 6.17. The van der Waals surface area contributed by atoms with Gasteiger partial charge in [-0.15, -0.1) is 24.8 Å². The highest BCUT2D eigenvalue weighted by atomic mass is 35.5. The maximum Gasteiger partial charge on any atom is 0.124 e. The van der Waals surface area contributed by atoms with Crippen molar-refractivity contribution in [2.45, 2.75) is 32.4 Å². The molecule has 26 heavy (non-hydrogen) atoms. The van der Waals surface area contributed by atoms with Crippen molar-refractivity contribution in [3.8, 4) is 5.75 Å². The van der Waals surface area contributed by atoms with Crippen molar-refractivity contribution in [1.82, 2.24) is 10.2 Å². The normalized spacial score (nSPS) is 15.4. The van der Waals surface area contributed by atoms with Gasteiger partial charge in [0, 0.05) is 37.8 Å². The van der Waals surface area contributed by atoms with Crippen LogP contribution in [0.2, 0.25) is 0 Å². The molecule has 0 radical (unpaired) electrons. The van der Waals surface area contributed by atoms with Crippen molar-refractivity contribution in [1.29, 1.82) is 0 Å². The molecule has 5 heteroatoms. The SMILES string of the molecule is CCC[C@H](c1ccccc1OCc1ccccc1)N1CCNCC1.Cl.Cl. The fourth-order valence-corrected chi connectivity index (χ4v) is 3.42. The predicted molar refractivity (Wildman–Crippen MR) is 114 cm³/mol. The Balaban J connectivity index is 0.00000169. The van der Waals surface area contributed by atoms with Gasteiger partial charge in [0.2, 0.25) is 0 Å². The van der Waals surface area contributed by atoms with E-state index in [9.17, 15) is 0 Å². The van der Waals surface area contributed by atoms with Crippen molar-refractivity contribution in [3.63, 3.8) is 0 Å². The molecule has 0 saturated carbocycles. The zero-order valence-corrected chi connectivity index (χ0v) is 17.0. The van der Waals surface area contributed by atoms with E-state index < -0.39 is 0 Å². The van der Waals surface area contributed by atoms with Gasteiger partial charge in [-0.05, 0) is 18.1 Å². The van der Waals surface area contributed by atoms with Gasteiger partial charge >= 0.3 is 0 Å². The lowest BCUT2D eigenvalue weighted by Gasteiger charge is -2.36. The first-order valence-corrected chi connectivity index (χ1v) is 9.09. The van der Waals surface area contributed by atoms with E-state index in [0.29, 0.717) is 12.6 Å². The number of rotatable bonds is 7. The minimum atomic E-state index is 0. The summed E-state index contributed by atoms with van der Waals surface area (Å²) in [5, 5.41) is 3.45. The van der Waals surface area contributed by atoms with Gasteiger partial charge in [0.1, 0.15) is 12.4 Å². The number of benzene rings is 2. The van der Waals surface area contributed by atoms with E-state index in [1.54, 1.807) is 0 Å². The van der Waals surface area contributed by atoms with Crippen molar-refractivity contribution < 1.29 is 4.74 Å². The summed E-state index contributed by atoms with van der Waals surface area (Å²) in [5.41, 5.74) is 2.54. The van der Waals surface area contributed by atoms with Crippen molar-refractivity contribution in [3.05, 3.63) is 65.7 Å². The Bertz CT molecular complexity index is 618. The molecule has 1 N–H and O–H groups in total. The first-order chi connectivity index (χ1) is 11.9. The van der Waals surface area contributed by atoms with Crippen LogP contribution in [-0.4, -0.2) is 31.1 Å². The summed E-state index contributed by atoms with van der Waals surface area (Å²) in [7, 11) is 0. The Morgan fingerprint density at radius 1 is 0.962 bits per heavy atom. The Hall–Kier alpha value is -1.26. The van der Waals surface area contributed by atoms with Crippen LogP contribution in [0.1, 0.15) is 36.9 Å². The molecule has 1 aliphatic rings. The number of nitrogens with zero attached hydrogens (tertiary/aromatic N) is 1. The molecular formula is C21H30Cl2N2O. The Morgan fingerprint density at radius 3 is 2.31 bits per heavy atom. The molecule has 0 unspecified atom stereocenters. The Labute approximate surface area is 169 Å². The minimum absolute atomic E-state index is 0. The van der Waals surface area contributed by atoms with E-state index in [-0.39, 0.29) is 24.8 Å². The summed E-state index contributed by atoms with van der Waals surface area (Å²) in [6, 6.07) is 19.4. The van der Waals surface area contributed by atoms with Gasteiger partial charge in [0.15, 0.2) is 0 Å². The molecule has 1 fully saturated rings. The third-order valence-electron chi connectivity index (χ3n) is 4.67. The number of ether oxygens (including phenoxy) is 1. The molecular weight excluding hydrogens is 367 g/mol. The molecule has 144 valence electrons. The van der Waals surface area contributed by atoms with Crippen molar-refractivity contribution in [2.24, 2.45) is 0 Å². The highest BCUT2D eigenvalue weighted by molar-refractivity contribution is 5.85. The molecule has 2 aromatic carbocycles. The fourth-order valence-electron chi connectivity index (χ4n) is 3.42. The minimum Gasteiger partial charge on any atom is -0.489 e. The van der Waals surface area contributed by atoms with Gasteiger partial charge in [-0.25, -0.2) is 0 Å². The summed E-state index contributed by atoms with van der Waals surface area (Å²) < 4.78 is 6.20. The number of halogens is 2. The summed E-state index contributed by atoms with van der Waals surface area (Å²) in [6.45, 7) is 7.26. The van der Waals surface area contributed by atoms with Gasteiger partial charge < -0.3 is 10.1 Å². The number of nitrogens with one attached hydrogen (secondary N) is 1. The average molecular weight is 397 g/mol. The number of para-hydroxylation sites is 1. The molecule has 1 aliphatic heterocycles. The molecule has 0 aromatic heterocycles. The largest absolute Gasteiger partial charge is 0.489 e. The lowest BCUT2D eigenvalue weighted by atomic mass is 9.99. The molecule has 3 nitrogen and oxygen atoms in total. The molecule has 0 aliphatic carbocycles. The predicted octanol–water partition coefficient (Wildman–Crippen LogP) is 4.86. The van der Waals surface area contributed by atoms with Crippen LogP contribution in [0, 0.1) is 0 Å². The summed E-state index contributed by atoms with van der Waals surface area (Å²) in [5.74, 6) is 1.03.